The van der Waals surface area contributed by atoms with Gasteiger partial charge >= 0.3 is 5.97 Å². The third kappa shape index (κ3) is 2.94. The Morgan fingerprint density at radius 1 is 1.60 bits per heavy atom. The van der Waals surface area contributed by atoms with Crippen LogP contribution in [-0.2, 0) is 11.2 Å². The van der Waals surface area contributed by atoms with Gasteiger partial charge in [-0.15, -0.1) is 0 Å². The number of carboxylic acid groups (broad SMARTS) is 1. The zero-order valence-electron chi connectivity index (χ0n) is 8.20. The van der Waals surface area contributed by atoms with Crippen LogP contribution < -0.4 is 5.73 Å². The summed E-state index contributed by atoms with van der Waals surface area (Å²) in [5.41, 5.74) is 5.06. The van der Waals surface area contributed by atoms with E-state index in [4.69, 9.17) is 10.8 Å². The summed E-state index contributed by atoms with van der Waals surface area (Å²) in [6.45, 7) is 1.45. The normalized spacial score (nSPS) is 14.6. The van der Waals surface area contributed by atoms with Crippen molar-refractivity contribution < 1.29 is 15.0 Å². The highest BCUT2D eigenvalue weighted by atomic mass is 79.9. The first kappa shape index (κ1) is 12.0. The monoisotopic (exact) mass is 273 g/mol. The van der Waals surface area contributed by atoms with Crippen LogP contribution in [0.2, 0.25) is 0 Å². The number of benzene rings is 1. The molecule has 1 rings (SSSR count). The van der Waals surface area contributed by atoms with Crippen molar-refractivity contribution in [2.24, 2.45) is 5.73 Å². The molecule has 82 valence electrons. The minimum atomic E-state index is -1.30. The third-order valence-electron chi connectivity index (χ3n) is 2.07. The zero-order valence-corrected chi connectivity index (χ0v) is 9.78. The standard InChI is InChI=1S/C10H12BrNO3/c1-10(12,9(14)15)5-6-2-3-8(13)7(11)4-6/h2-4,13H,5,12H2,1H3,(H,14,15)/t10-/m0/s1. The molecule has 1 aromatic rings. The summed E-state index contributed by atoms with van der Waals surface area (Å²) < 4.78 is 0.529. The van der Waals surface area contributed by atoms with Gasteiger partial charge in [0.2, 0.25) is 0 Å². The number of halogens is 1. The lowest BCUT2D eigenvalue weighted by Gasteiger charge is -2.19. The number of hydrogen-bond donors (Lipinski definition) is 3. The highest BCUT2D eigenvalue weighted by Crippen LogP contribution is 2.25. The first-order valence-corrected chi connectivity index (χ1v) is 5.12. The van der Waals surface area contributed by atoms with E-state index in [1.54, 1.807) is 12.1 Å². The molecule has 4 N–H and O–H groups in total. The van der Waals surface area contributed by atoms with Crippen LogP contribution in [0.5, 0.6) is 5.75 Å². The maximum Gasteiger partial charge on any atom is 0.323 e. The van der Waals surface area contributed by atoms with Crippen LogP contribution in [0.3, 0.4) is 0 Å². The molecule has 0 amide bonds. The molecule has 0 unspecified atom stereocenters. The van der Waals surface area contributed by atoms with Crippen molar-refractivity contribution >= 4 is 21.9 Å². The van der Waals surface area contributed by atoms with Crippen molar-refractivity contribution in [3.63, 3.8) is 0 Å². The highest BCUT2D eigenvalue weighted by Gasteiger charge is 2.28. The maximum atomic E-state index is 10.8. The van der Waals surface area contributed by atoms with E-state index < -0.39 is 11.5 Å². The fourth-order valence-corrected chi connectivity index (χ4v) is 1.59. The predicted octanol–water partition coefficient (Wildman–Crippen LogP) is 1.50. The first-order chi connectivity index (χ1) is 6.83. The van der Waals surface area contributed by atoms with E-state index >= 15 is 0 Å². The van der Waals surface area contributed by atoms with Crippen molar-refractivity contribution in [3.8, 4) is 5.75 Å². The molecule has 0 spiro atoms. The van der Waals surface area contributed by atoms with Crippen molar-refractivity contribution in [2.75, 3.05) is 0 Å². The number of nitrogens with two attached hydrogens (primary N) is 1. The molecule has 0 saturated carbocycles. The molecule has 0 bridgehead atoms. The lowest BCUT2D eigenvalue weighted by molar-refractivity contribution is -0.142. The summed E-state index contributed by atoms with van der Waals surface area (Å²) >= 11 is 3.15. The summed E-state index contributed by atoms with van der Waals surface area (Å²) in [5, 5.41) is 18.1. The third-order valence-corrected chi connectivity index (χ3v) is 2.71. The molecule has 0 aliphatic rings. The van der Waals surface area contributed by atoms with Gasteiger partial charge in [0.25, 0.3) is 0 Å². The van der Waals surface area contributed by atoms with E-state index in [1.807, 2.05) is 0 Å². The van der Waals surface area contributed by atoms with Gasteiger partial charge in [-0.05, 0) is 40.5 Å². The van der Waals surface area contributed by atoms with Crippen LogP contribution in [0.4, 0.5) is 0 Å². The molecule has 0 heterocycles. The van der Waals surface area contributed by atoms with Gasteiger partial charge in [-0.2, -0.15) is 0 Å². The minimum Gasteiger partial charge on any atom is -0.507 e. The Kier molecular flexibility index (Phi) is 3.36. The topological polar surface area (TPSA) is 83.5 Å². The summed E-state index contributed by atoms with van der Waals surface area (Å²) in [4.78, 5) is 10.8. The molecule has 0 aliphatic heterocycles. The number of phenolic OH excluding ortho intramolecular Hbond substituents is 1. The molecular weight excluding hydrogens is 262 g/mol. The minimum absolute atomic E-state index is 0.118. The summed E-state index contributed by atoms with van der Waals surface area (Å²) in [6, 6.07) is 4.80. The van der Waals surface area contributed by atoms with Gasteiger partial charge in [-0.1, -0.05) is 6.07 Å². The van der Waals surface area contributed by atoms with Gasteiger partial charge in [0.1, 0.15) is 11.3 Å². The molecule has 4 nitrogen and oxygen atoms in total. The second kappa shape index (κ2) is 4.20. The van der Waals surface area contributed by atoms with Gasteiger partial charge in [-0.25, -0.2) is 0 Å². The number of carboxylic acids is 1. The number of aromatic hydroxyl groups is 1. The lowest BCUT2D eigenvalue weighted by atomic mass is 9.94. The van der Waals surface area contributed by atoms with Crippen molar-refractivity contribution in [1.29, 1.82) is 0 Å². The molecule has 15 heavy (non-hydrogen) atoms. The van der Waals surface area contributed by atoms with E-state index in [-0.39, 0.29) is 12.2 Å². The molecule has 0 radical (unpaired) electrons. The fourth-order valence-electron chi connectivity index (χ4n) is 1.16. The number of phenols is 1. The van der Waals surface area contributed by atoms with Crippen LogP contribution in [0.25, 0.3) is 0 Å². The van der Waals surface area contributed by atoms with Crippen LogP contribution >= 0.6 is 15.9 Å². The molecule has 0 aliphatic carbocycles. The van der Waals surface area contributed by atoms with Gasteiger partial charge in [0.05, 0.1) is 4.47 Å². The predicted molar refractivity (Wildman–Crippen MR) is 59.7 cm³/mol. The van der Waals surface area contributed by atoms with E-state index in [0.717, 1.165) is 5.56 Å². The second-order valence-corrected chi connectivity index (χ2v) is 4.54. The molecule has 5 heteroatoms. The maximum absolute atomic E-state index is 10.8. The SMILES string of the molecule is C[C@](N)(Cc1ccc(O)c(Br)c1)C(=O)O. The average molecular weight is 274 g/mol. The van der Waals surface area contributed by atoms with Crippen molar-refractivity contribution in [1.82, 2.24) is 0 Å². The van der Waals surface area contributed by atoms with Crippen molar-refractivity contribution in [2.45, 2.75) is 18.9 Å². The number of aliphatic carboxylic acids is 1. The van der Waals surface area contributed by atoms with Gasteiger partial charge in [-0.3, -0.25) is 4.79 Å². The number of rotatable bonds is 3. The largest absolute Gasteiger partial charge is 0.507 e. The van der Waals surface area contributed by atoms with E-state index in [2.05, 4.69) is 15.9 Å². The Hall–Kier alpha value is -1.07. The van der Waals surface area contributed by atoms with Crippen molar-refractivity contribution in [3.05, 3.63) is 28.2 Å². The summed E-state index contributed by atoms with van der Waals surface area (Å²) in [5.74, 6) is -0.931. The average Bonchev–Trinajstić information content (AvgIpc) is 2.10. The zero-order chi connectivity index (χ0) is 11.6. The summed E-state index contributed by atoms with van der Waals surface area (Å²) in [7, 11) is 0. The van der Waals surface area contributed by atoms with E-state index in [1.165, 1.54) is 13.0 Å². The second-order valence-electron chi connectivity index (χ2n) is 3.69. The van der Waals surface area contributed by atoms with Crippen LogP contribution in [0, 0.1) is 0 Å². The molecule has 1 aromatic carbocycles. The molecule has 0 saturated heterocycles. The molecule has 0 aromatic heterocycles. The lowest BCUT2D eigenvalue weighted by Crippen LogP contribution is -2.46. The first-order valence-electron chi connectivity index (χ1n) is 4.32. The Morgan fingerprint density at radius 2 is 2.20 bits per heavy atom. The molecular formula is C10H12BrNO3. The van der Waals surface area contributed by atoms with Crippen LogP contribution in [0.15, 0.2) is 22.7 Å². The van der Waals surface area contributed by atoms with Crippen LogP contribution in [-0.4, -0.2) is 21.7 Å². The Labute approximate surface area is 95.8 Å². The Morgan fingerprint density at radius 3 is 2.67 bits per heavy atom. The Balaban J connectivity index is 2.91. The van der Waals surface area contributed by atoms with Gasteiger partial charge in [0.15, 0.2) is 0 Å². The summed E-state index contributed by atoms with van der Waals surface area (Å²) in [6.07, 6.45) is 0.210. The van der Waals surface area contributed by atoms with E-state index in [9.17, 15) is 9.90 Å². The Bertz CT molecular complexity index is 390. The number of carbonyl (C=O) groups is 1. The fraction of sp³-hybridized carbons (Fsp3) is 0.300. The van der Waals surface area contributed by atoms with E-state index in [0.29, 0.717) is 4.47 Å². The highest BCUT2D eigenvalue weighted by molar-refractivity contribution is 9.10. The van der Waals surface area contributed by atoms with Gasteiger partial charge < -0.3 is 15.9 Å². The van der Waals surface area contributed by atoms with Crippen LogP contribution in [0.1, 0.15) is 12.5 Å². The van der Waals surface area contributed by atoms with Gasteiger partial charge in [0, 0.05) is 6.42 Å². The smallest absolute Gasteiger partial charge is 0.323 e. The number of hydrogen-bond acceptors (Lipinski definition) is 3. The molecule has 1 atom stereocenters. The quantitative estimate of drug-likeness (QED) is 0.779. The molecule has 0 fully saturated rings.